The summed E-state index contributed by atoms with van der Waals surface area (Å²) in [7, 11) is 3.62. The van der Waals surface area contributed by atoms with E-state index in [0.717, 1.165) is 0 Å². The summed E-state index contributed by atoms with van der Waals surface area (Å²) in [5, 5.41) is 14.0. The molecule has 3 aromatic rings. The number of ether oxygens (including phenoxy) is 2. The molecule has 0 bridgehead atoms. The molecule has 4 rings (SSSR count). The van der Waals surface area contributed by atoms with E-state index in [0.29, 0.717) is 28.6 Å². The Bertz CT molecular complexity index is 1420. The second kappa shape index (κ2) is 12.8. The summed E-state index contributed by atoms with van der Waals surface area (Å²) in [5.74, 6) is 0.474. The lowest BCUT2D eigenvalue weighted by atomic mass is 9.99. The SMILES string of the molecule is CCOC(=O)[C@@H](C)N[P@@](=S)(OC[C@@]1(CCl)O[C@@H](n2cnc3c(N(C)C)nc(C)nc32)[C@H](F)[C@@H]1O)Oc1ccccc1. The van der Waals surface area contributed by atoms with E-state index in [-0.39, 0.29) is 12.5 Å². The summed E-state index contributed by atoms with van der Waals surface area (Å²) in [6.07, 6.45) is -3.58. The number of halogens is 2. The number of aryl methyl sites for hydroxylation is 1. The number of nitrogens with one attached hydrogen (secondary N) is 1. The van der Waals surface area contributed by atoms with Gasteiger partial charge in [-0.1, -0.05) is 18.2 Å². The molecule has 41 heavy (non-hydrogen) atoms. The second-order valence-electron chi connectivity index (χ2n) is 9.69. The molecular formula is C25H33ClFN6O6PS. The van der Waals surface area contributed by atoms with Gasteiger partial charge in [0, 0.05) is 14.1 Å². The first kappa shape index (κ1) is 31.5. The molecule has 1 aliphatic rings. The van der Waals surface area contributed by atoms with Gasteiger partial charge in [-0.2, -0.15) is 0 Å². The van der Waals surface area contributed by atoms with Crippen LogP contribution in [0, 0.1) is 6.92 Å². The van der Waals surface area contributed by atoms with Crippen molar-refractivity contribution in [2.45, 2.75) is 50.9 Å². The monoisotopic (exact) mass is 630 g/mol. The molecule has 0 radical (unpaired) electrons. The van der Waals surface area contributed by atoms with Gasteiger partial charge in [0.1, 0.15) is 29.3 Å². The lowest BCUT2D eigenvalue weighted by Crippen LogP contribution is -2.48. The van der Waals surface area contributed by atoms with Crippen LogP contribution in [0.1, 0.15) is 25.9 Å². The molecule has 2 N–H and O–H groups in total. The van der Waals surface area contributed by atoms with Crippen molar-refractivity contribution in [1.82, 2.24) is 24.6 Å². The number of nitrogens with zero attached hydrogens (tertiary/aromatic N) is 5. The Morgan fingerprint density at radius 2 is 2.07 bits per heavy atom. The number of hydrogen-bond acceptors (Lipinski definition) is 11. The van der Waals surface area contributed by atoms with Crippen molar-refractivity contribution in [2.24, 2.45) is 0 Å². The number of esters is 1. The van der Waals surface area contributed by atoms with Gasteiger partial charge in [-0.3, -0.25) is 9.36 Å². The zero-order valence-corrected chi connectivity index (χ0v) is 25.7. The van der Waals surface area contributed by atoms with Gasteiger partial charge in [-0.25, -0.2) is 24.4 Å². The van der Waals surface area contributed by atoms with E-state index >= 15 is 4.39 Å². The highest BCUT2D eigenvalue weighted by Crippen LogP contribution is 2.49. The number of benzene rings is 1. The van der Waals surface area contributed by atoms with Crippen molar-refractivity contribution in [3.05, 3.63) is 42.5 Å². The third kappa shape index (κ3) is 6.64. The smallest absolute Gasteiger partial charge is 0.323 e. The fourth-order valence-electron chi connectivity index (χ4n) is 4.27. The number of carbonyl (C=O) groups is 1. The minimum atomic E-state index is -3.51. The number of fused-ring (bicyclic) bond motifs is 1. The minimum Gasteiger partial charge on any atom is -0.465 e. The molecule has 1 saturated heterocycles. The standard InChI is InChI=1S/C25H33ClFN6O6PS/c1-6-36-24(35)15(2)31-40(41,39-17-10-8-7-9-11-17)37-13-25(12-26)20(34)18(27)23(38-25)33-14-28-19-21(32(4)5)29-16(3)30-22(19)33/h7-11,14-15,18,20,23,34H,6,12-13H2,1-5H3,(H,31,41)/t15-,18-,20+,23-,25-,40-/m1/s1. The van der Waals surface area contributed by atoms with Gasteiger partial charge in [-0.15, -0.1) is 11.6 Å². The molecule has 1 aromatic carbocycles. The van der Waals surface area contributed by atoms with Gasteiger partial charge in [-0.05, 0) is 44.7 Å². The Hall–Kier alpha value is -2.45. The van der Waals surface area contributed by atoms with Gasteiger partial charge in [0.05, 0.1) is 25.4 Å². The number of imidazole rings is 1. The highest BCUT2D eigenvalue weighted by molar-refractivity contribution is 8.09. The molecule has 224 valence electrons. The highest BCUT2D eigenvalue weighted by atomic mass is 35.5. The topological polar surface area (TPSA) is 133 Å². The van der Waals surface area contributed by atoms with Gasteiger partial charge in [0.25, 0.3) is 0 Å². The van der Waals surface area contributed by atoms with Crippen LogP contribution in [-0.4, -0.2) is 87.7 Å². The molecule has 6 atom stereocenters. The fraction of sp³-hybridized carbons (Fsp3) is 0.520. The summed E-state index contributed by atoms with van der Waals surface area (Å²) in [5.41, 5.74) is -0.961. The molecule has 1 aliphatic heterocycles. The van der Waals surface area contributed by atoms with E-state index in [4.69, 9.17) is 41.9 Å². The molecule has 0 amide bonds. The van der Waals surface area contributed by atoms with E-state index < -0.39 is 49.4 Å². The third-order valence-corrected chi connectivity index (χ3v) is 9.28. The number of aliphatic hydroxyl groups excluding tert-OH is 1. The summed E-state index contributed by atoms with van der Waals surface area (Å²) >= 11 is 12.0. The molecule has 12 nitrogen and oxygen atoms in total. The van der Waals surface area contributed by atoms with E-state index in [2.05, 4.69) is 20.0 Å². The van der Waals surface area contributed by atoms with Crippen molar-refractivity contribution in [3.8, 4) is 5.75 Å². The van der Waals surface area contributed by atoms with Gasteiger partial charge in [0.15, 0.2) is 29.4 Å². The number of aromatic nitrogens is 4. The molecule has 0 unspecified atom stereocenters. The first-order valence-electron chi connectivity index (χ1n) is 12.8. The quantitative estimate of drug-likeness (QED) is 0.173. The summed E-state index contributed by atoms with van der Waals surface area (Å²) in [6, 6.07) is 7.74. The highest BCUT2D eigenvalue weighted by Gasteiger charge is 2.57. The largest absolute Gasteiger partial charge is 0.465 e. The second-order valence-corrected chi connectivity index (χ2v) is 13.1. The Morgan fingerprint density at radius 1 is 1.37 bits per heavy atom. The Kier molecular flexibility index (Phi) is 9.85. The lowest BCUT2D eigenvalue weighted by molar-refractivity contribution is -0.144. The van der Waals surface area contributed by atoms with Gasteiger partial charge >= 0.3 is 12.6 Å². The first-order chi connectivity index (χ1) is 19.4. The number of para-hydroxylation sites is 1. The molecule has 0 saturated carbocycles. The molecule has 3 heterocycles. The first-order valence-corrected chi connectivity index (χ1v) is 16.0. The van der Waals surface area contributed by atoms with Crippen molar-refractivity contribution in [2.75, 3.05) is 38.1 Å². The maximum absolute atomic E-state index is 15.8. The number of alkyl halides is 2. The number of anilines is 1. The lowest BCUT2D eigenvalue weighted by Gasteiger charge is -2.33. The zero-order valence-electron chi connectivity index (χ0n) is 23.2. The maximum Gasteiger partial charge on any atom is 0.323 e. The fourth-order valence-corrected chi connectivity index (χ4v) is 7.00. The van der Waals surface area contributed by atoms with E-state index in [1.165, 1.54) is 10.9 Å². The number of hydrogen-bond donors (Lipinski definition) is 2. The van der Waals surface area contributed by atoms with Crippen LogP contribution < -0.4 is 14.5 Å². The summed E-state index contributed by atoms with van der Waals surface area (Å²) < 4.78 is 40.4. The summed E-state index contributed by atoms with van der Waals surface area (Å²) in [4.78, 5) is 27.3. The van der Waals surface area contributed by atoms with Crippen molar-refractivity contribution in [1.29, 1.82) is 0 Å². The van der Waals surface area contributed by atoms with E-state index in [1.54, 1.807) is 56.0 Å². The number of carbonyl (C=O) groups excluding carboxylic acids is 1. The minimum absolute atomic E-state index is 0.173. The van der Waals surface area contributed by atoms with Crippen LogP contribution in [0.3, 0.4) is 0 Å². The van der Waals surface area contributed by atoms with Gasteiger partial charge in [0.2, 0.25) is 0 Å². The molecule has 0 aliphatic carbocycles. The maximum atomic E-state index is 15.8. The predicted octanol–water partition coefficient (Wildman–Crippen LogP) is 3.27. The van der Waals surface area contributed by atoms with Crippen LogP contribution in [0.4, 0.5) is 10.2 Å². The molecule has 2 aromatic heterocycles. The average Bonchev–Trinajstić information content (AvgIpc) is 3.46. The number of aliphatic hydroxyl groups is 1. The Labute approximate surface area is 247 Å². The van der Waals surface area contributed by atoms with E-state index in [9.17, 15) is 9.90 Å². The average molecular weight is 631 g/mol. The van der Waals surface area contributed by atoms with Crippen molar-refractivity contribution in [3.63, 3.8) is 0 Å². The van der Waals surface area contributed by atoms with Crippen molar-refractivity contribution >= 4 is 53.0 Å². The zero-order chi connectivity index (χ0) is 29.9. The van der Waals surface area contributed by atoms with Crippen LogP contribution >= 0.6 is 18.2 Å². The van der Waals surface area contributed by atoms with Crippen LogP contribution in [0.5, 0.6) is 5.75 Å². The van der Waals surface area contributed by atoms with Crippen LogP contribution in [0.2, 0.25) is 0 Å². The third-order valence-electron chi connectivity index (χ3n) is 6.35. The van der Waals surface area contributed by atoms with E-state index in [1.807, 2.05) is 14.1 Å². The Morgan fingerprint density at radius 3 is 2.71 bits per heavy atom. The Balaban J connectivity index is 1.62. The number of rotatable bonds is 12. The normalized spacial score (nSPS) is 24.6. The van der Waals surface area contributed by atoms with Crippen LogP contribution in [-0.2, 0) is 30.6 Å². The predicted molar refractivity (Wildman–Crippen MR) is 155 cm³/mol. The summed E-state index contributed by atoms with van der Waals surface area (Å²) in [6.45, 7) is 1.16. The molecular weight excluding hydrogens is 598 g/mol. The van der Waals surface area contributed by atoms with Gasteiger partial charge < -0.3 is 28.5 Å². The molecule has 0 spiro atoms. The van der Waals surface area contributed by atoms with Crippen LogP contribution in [0.15, 0.2) is 36.7 Å². The molecule has 16 heteroatoms. The van der Waals surface area contributed by atoms with Crippen LogP contribution in [0.25, 0.3) is 11.2 Å². The molecule has 1 fully saturated rings. The van der Waals surface area contributed by atoms with Crippen molar-refractivity contribution < 1.29 is 32.8 Å².